The van der Waals surface area contributed by atoms with Crippen molar-refractivity contribution in [1.82, 2.24) is 5.32 Å². The number of thioether (sulfide) groups is 1. The first kappa shape index (κ1) is 10.3. The Labute approximate surface area is 90.9 Å². The zero-order valence-corrected chi connectivity index (χ0v) is 10.2. The average Bonchev–Trinajstić information content (AvgIpc) is 2.77. The lowest BCUT2D eigenvalue weighted by Crippen LogP contribution is -2.34. The summed E-state index contributed by atoms with van der Waals surface area (Å²) >= 11 is 1.88. The largest absolute Gasteiger partial charge is 0.362 e. The molecule has 1 aliphatic heterocycles. The Morgan fingerprint density at radius 2 is 2.29 bits per heavy atom. The van der Waals surface area contributed by atoms with Crippen LogP contribution in [0.25, 0.3) is 0 Å². The highest BCUT2D eigenvalue weighted by atomic mass is 32.2. The predicted molar refractivity (Wildman–Crippen MR) is 63.9 cm³/mol. The molecule has 2 aliphatic rings. The van der Waals surface area contributed by atoms with Crippen LogP contribution in [0.1, 0.15) is 33.6 Å². The summed E-state index contributed by atoms with van der Waals surface area (Å²) in [6.45, 7) is 8.00. The Bertz CT molecular complexity index is 248. The number of nitrogens with zero attached hydrogens (tertiary/aromatic N) is 1. The molecule has 2 atom stereocenters. The minimum Gasteiger partial charge on any atom is -0.362 e. The fourth-order valence-electron chi connectivity index (χ4n) is 2.20. The SMILES string of the molecule is CC(NC1=NCCCS1)C1CC1(C)C. The van der Waals surface area contributed by atoms with Gasteiger partial charge >= 0.3 is 0 Å². The van der Waals surface area contributed by atoms with Crippen LogP contribution in [-0.4, -0.2) is 23.5 Å². The second kappa shape index (κ2) is 3.76. The first-order chi connectivity index (χ1) is 6.59. The van der Waals surface area contributed by atoms with Crippen LogP contribution in [0, 0.1) is 11.3 Å². The van der Waals surface area contributed by atoms with Gasteiger partial charge in [0.25, 0.3) is 0 Å². The Kier molecular flexibility index (Phi) is 2.78. The van der Waals surface area contributed by atoms with Crippen molar-refractivity contribution >= 4 is 16.9 Å². The number of hydrogen-bond acceptors (Lipinski definition) is 3. The lowest BCUT2D eigenvalue weighted by molar-refractivity contribution is 0.475. The van der Waals surface area contributed by atoms with Crippen LogP contribution in [-0.2, 0) is 0 Å². The van der Waals surface area contributed by atoms with E-state index in [4.69, 9.17) is 0 Å². The maximum atomic E-state index is 4.50. The number of nitrogens with one attached hydrogen (secondary N) is 1. The van der Waals surface area contributed by atoms with E-state index in [2.05, 4.69) is 31.1 Å². The summed E-state index contributed by atoms with van der Waals surface area (Å²) in [4.78, 5) is 4.50. The van der Waals surface area contributed by atoms with Gasteiger partial charge in [-0.25, -0.2) is 0 Å². The second-order valence-electron chi connectivity index (χ2n) is 5.12. The van der Waals surface area contributed by atoms with Gasteiger partial charge in [-0.3, -0.25) is 4.99 Å². The third-order valence-corrected chi connectivity index (χ3v) is 4.35. The van der Waals surface area contributed by atoms with Crippen molar-refractivity contribution in [3.05, 3.63) is 0 Å². The summed E-state index contributed by atoms with van der Waals surface area (Å²) in [5.41, 5.74) is 0.562. The van der Waals surface area contributed by atoms with Gasteiger partial charge in [0.15, 0.2) is 5.17 Å². The van der Waals surface area contributed by atoms with Crippen LogP contribution in [0.3, 0.4) is 0 Å². The van der Waals surface area contributed by atoms with Crippen molar-refractivity contribution in [2.45, 2.75) is 39.7 Å². The van der Waals surface area contributed by atoms with E-state index in [9.17, 15) is 0 Å². The molecule has 0 amide bonds. The molecule has 1 N–H and O–H groups in total. The van der Waals surface area contributed by atoms with Crippen LogP contribution in [0.4, 0.5) is 0 Å². The van der Waals surface area contributed by atoms with Gasteiger partial charge in [-0.15, -0.1) is 0 Å². The number of amidine groups is 1. The lowest BCUT2D eigenvalue weighted by Gasteiger charge is -2.20. The maximum Gasteiger partial charge on any atom is 0.156 e. The zero-order chi connectivity index (χ0) is 10.2. The van der Waals surface area contributed by atoms with Gasteiger partial charge in [0.1, 0.15) is 0 Å². The minimum absolute atomic E-state index is 0.562. The first-order valence-corrected chi connectivity index (χ1v) is 6.52. The van der Waals surface area contributed by atoms with E-state index in [1.807, 2.05) is 11.8 Å². The molecule has 2 nitrogen and oxygen atoms in total. The monoisotopic (exact) mass is 212 g/mol. The van der Waals surface area contributed by atoms with E-state index in [1.54, 1.807) is 0 Å². The van der Waals surface area contributed by atoms with E-state index < -0.39 is 0 Å². The number of aliphatic imine (C=N–C) groups is 1. The molecule has 0 saturated heterocycles. The molecule has 2 unspecified atom stereocenters. The summed E-state index contributed by atoms with van der Waals surface area (Å²) in [5.74, 6) is 2.07. The fourth-order valence-corrected chi connectivity index (χ4v) is 3.12. The van der Waals surface area contributed by atoms with Crippen molar-refractivity contribution < 1.29 is 0 Å². The molecule has 1 aliphatic carbocycles. The molecule has 80 valence electrons. The van der Waals surface area contributed by atoms with E-state index in [-0.39, 0.29) is 0 Å². The molecule has 0 bridgehead atoms. The molecule has 0 radical (unpaired) electrons. The van der Waals surface area contributed by atoms with Gasteiger partial charge in [0.05, 0.1) is 0 Å². The second-order valence-corrected chi connectivity index (χ2v) is 6.20. The molecule has 0 aromatic rings. The highest BCUT2D eigenvalue weighted by Crippen LogP contribution is 2.53. The topological polar surface area (TPSA) is 24.4 Å². The van der Waals surface area contributed by atoms with Crippen molar-refractivity contribution in [1.29, 1.82) is 0 Å². The van der Waals surface area contributed by atoms with Crippen molar-refractivity contribution in [2.75, 3.05) is 12.3 Å². The van der Waals surface area contributed by atoms with E-state index in [0.717, 1.165) is 12.5 Å². The standard InChI is InChI=1S/C11H20N2S/c1-8(9-7-11(9,2)3)13-10-12-5-4-6-14-10/h8-9H,4-7H2,1-3H3,(H,12,13). The van der Waals surface area contributed by atoms with Crippen LogP contribution in [0.2, 0.25) is 0 Å². The molecule has 1 saturated carbocycles. The van der Waals surface area contributed by atoms with Gasteiger partial charge in [0.2, 0.25) is 0 Å². The summed E-state index contributed by atoms with van der Waals surface area (Å²) in [7, 11) is 0. The number of hydrogen-bond donors (Lipinski definition) is 1. The van der Waals surface area contributed by atoms with Gasteiger partial charge in [-0.2, -0.15) is 0 Å². The molecule has 1 fully saturated rings. The first-order valence-electron chi connectivity index (χ1n) is 5.53. The smallest absolute Gasteiger partial charge is 0.156 e. The molecule has 14 heavy (non-hydrogen) atoms. The summed E-state index contributed by atoms with van der Waals surface area (Å²) in [5, 5.41) is 4.72. The minimum atomic E-state index is 0.562. The van der Waals surface area contributed by atoms with Crippen molar-refractivity contribution in [2.24, 2.45) is 16.3 Å². The van der Waals surface area contributed by atoms with Gasteiger partial charge in [-0.1, -0.05) is 25.6 Å². The highest BCUT2D eigenvalue weighted by molar-refractivity contribution is 8.13. The molecule has 2 rings (SSSR count). The highest BCUT2D eigenvalue weighted by Gasteiger charge is 2.48. The molecular formula is C11H20N2S. The van der Waals surface area contributed by atoms with E-state index in [0.29, 0.717) is 11.5 Å². The Hall–Kier alpha value is -0.180. The van der Waals surface area contributed by atoms with Gasteiger partial charge < -0.3 is 5.32 Å². The lowest BCUT2D eigenvalue weighted by atomic mass is 10.1. The summed E-state index contributed by atoms with van der Waals surface area (Å²) in [6, 6.07) is 0.592. The normalized spacial score (nSPS) is 31.9. The Balaban J connectivity index is 1.83. The fraction of sp³-hybridized carbons (Fsp3) is 0.909. The zero-order valence-electron chi connectivity index (χ0n) is 9.34. The molecule has 0 aromatic carbocycles. The molecular weight excluding hydrogens is 192 g/mol. The van der Waals surface area contributed by atoms with Gasteiger partial charge in [0, 0.05) is 18.3 Å². The third-order valence-electron chi connectivity index (χ3n) is 3.34. The Morgan fingerprint density at radius 3 is 2.79 bits per heavy atom. The molecule has 1 heterocycles. The van der Waals surface area contributed by atoms with E-state index >= 15 is 0 Å². The summed E-state index contributed by atoms with van der Waals surface area (Å²) < 4.78 is 0. The van der Waals surface area contributed by atoms with Crippen molar-refractivity contribution in [3.8, 4) is 0 Å². The van der Waals surface area contributed by atoms with Crippen molar-refractivity contribution in [3.63, 3.8) is 0 Å². The third kappa shape index (κ3) is 2.25. The maximum absolute atomic E-state index is 4.50. The molecule has 3 heteroatoms. The average molecular weight is 212 g/mol. The predicted octanol–water partition coefficient (Wildman–Crippen LogP) is 2.50. The van der Waals surface area contributed by atoms with Crippen LogP contribution >= 0.6 is 11.8 Å². The quantitative estimate of drug-likeness (QED) is 0.760. The Morgan fingerprint density at radius 1 is 1.57 bits per heavy atom. The van der Waals surface area contributed by atoms with Gasteiger partial charge in [-0.05, 0) is 31.1 Å². The van der Waals surface area contributed by atoms with Crippen LogP contribution in [0.5, 0.6) is 0 Å². The van der Waals surface area contributed by atoms with Crippen LogP contribution < -0.4 is 5.32 Å². The molecule has 0 aromatic heterocycles. The molecule has 0 spiro atoms. The number of rotatable bonds is 2. The summed E-state index contributed by atoms with van der Waals surface area (Å²) in [6.07, 6.45) is 2.60. The van der Waals surface area contributed by atoms with E-state index in [1.165, 1.54) is 23.8 Å². The van der Waals surface area contributed by atoms with Crippen LogP contribution in [0.15, 0.2) is 4.99 Å².